The van der Waals surface area contributed by atoms with Gasteiger partial charge in [-0.1, -0.05) is 36.4 Å². The summed E-state index contributed by atoms with van der Waals surface area (Å²) in [7, 11) is 3.20. The molecule has 7 heteroatoms. The van der Waals surface area contributed by atoms with E-state index in [-0.39, 0.29) is 11.6 Å². The largest absolute Gasteiger partial charge is 0.493 e. The molecule has 3 rings (SSSR count). The molecule has 2 aromatic carbocycles. The summed E-state index contributed by atoms with van der Waals surface area (Å²) < 4.78 is 10.5. The molecule has 0 radical (unpaired) electrons. The van der Waals surface area contributed by atoms with E-state index in [4.69, 9.17) is 9.47 Å². The van der Waals surface area contributed by atoms with E-state index in [9.17, 15) is 4.79 Å². The maximum Gasteiger partial charge on any atom is 0.271 e. The number of anilines is 1. The number of amides is 1. The molecule has 0 spiro atoms. The summed E-state index contributed by atoms with van der Waals surface area (Å²) in [5.41, 5.74) is 2.47. The number of carbonyl (C=O) groups is 1. The molecule has 0 aliphatic rings. The number of rotatable bonds is 9. The van der Waals surface area contributed by atoms with E-state index in [0.717, 1.165) is 12.0 Å². The number of nitrogens with one attached hydrogen (secondary N) is 2. The van der Waals surface area contributed by atoms with Crippen LogP contribution in [0.25, 0.3) is 0 Å². The molecule has 3 aromatic rings. The van der Waals surface area contributed by atoms with Crippen molar-refractivity contribution >= 4 is 11.7 Å². The van der Waals surface area contributed by atoms with E-state index in [2.05, 4.69) is 20.8 Å². The molecule has 7 nitrogen and oxygen atoms in total. The van der Waals surface area contributed by atoms with Crippen molar-refractivity contribution in [3.63, 3.8) is 0 Å². The summed E-state index contributed by atoms with van der Waals surface area (Å²) >= 11 is 0. The number of benzene rings is 2. The van der Waals surface area contributed by atoms with Gasteiger partial charge < -0.3 is 20.1 Å². The van der Waals surface area contributed by atoms with Crippen LogP contribution in [0, 0.1) is 0 Å². The molecule has 0 aliphatic heterocycles. The number of aromatic nitrogens is 2. The number of carbonyl (C=O) groups excluding carboxylic acids is 1. The van der Waals surface area contributed by atoms with E-state index in [1.54, 1.807) is 26.4 Å². The second kappa shape index (κ2) is 10.1. The highest BCUT2D eigenvalue weighted by molar-refractivity contribution is 5.92. The van der Waals surface area contributed by atoms with Gasteiger partial charge in [0.15, 0.2) is 17.2 Å². The minimum atomic E-state index is -0.236. The molecule has 29 heavy (non-hydrogen) atoms. The number of hydrogen-bond donors (Lipinski definition) is 2. The predicted molar refractivity (Wildman–Crippen MR) is 111 cm³/mol. The Morgan fingerprint density at radius 1 is 0.897 bits per heavy atom. The molecule has 0 fully saturated rings. The molecule has 1 heterocycles. The highest BCUT2D eigenvalue weighted by atomic mass is 16.5. The van der Waals surface area contributed by atoms with Gasteiger partial charge in [0.25, 0.3) is 5.91 Å². The van der Waals surface area contributed by atoms with Crippen LogP contribution in [0.5, 0.6) is 11.5 Å². The van der Waals surface area contributed by atoms with E-state index in [1.807, 2.05) is 48.5 Å². The molecule has 0 unspecified atom stereocenters. The highest BCUT2D eigenvalue weighted by Crippen LogP contribution is 2.27. The Morgan fingerprint density at radius 3 is 2.38 bits per heavy atom. The summed E-state index contributed by atoms with van der Waals surface area (Å²) in [4.78, 5) is 12.2. The smallest absolute Gasteiger partial charge is 0.271 e. The molecule has 1 aromatic heterocycles. The number of methoxy groups -OCH3 is 2. The van der Waals surface area contributed by atoms with E-state index in [1.165, 1.54) is 5.56 Å². The summed E-state index contributed by atoms with van der Waals surface area (Å²) in [6, 6.07) is 19.1. The first-order valence-electron chi connectivity index (χ1n) is 9.30. The fourth-order valence-corrected chi connectivity index (χ4v) is 2.79. The van der Waals surface area contributed by atoms with Gasteiger partial charge in [0, 0.05) is 13.1 Å². The Morgan fingerprint density at radius 2 is 1.69 bits per heavy atom. The van der Waals surface area contributed by atoms with Crippen molar-refractivity contribution in [2.24, 2.45) is 0 Å². The van der Waals surface area contributed by atoms with Gasteiger partial charge in [0.1, 0.15) is 5.82 Å². The number of hydrogen-bond acceptors (Lipinski definition) is 6. The number of ether oxygens (including phenoxy) is 2. The average Bonchev–Trinajstić information content (AvgIpc) is 2.78. The van der Waals surface area contributed by atoms with Gasteiger partial charge in [-0.25, -0.2) is 0 Å². The van der Waals surface area contributed by atoms with E-state index < -0.39 is 0 Å². The van der Waals surface area contributed by atoms with E-state index in [0.29, 0.717) is 30.4 Å². The normalized spacial score (nSPS) is 10.3. The second-order valence-electron chi connectivity index (χ2n) is 6.34. The Hall–Kier alpha value is -3.61. The van der Waals surface area contributed by atoms with Crippen molar-refractivity contribution in [3.05, 3.63) is 77.5 Å². The van der Waals surface area contributed by atoms with Crippen molar-refractivity contribution in [3.8, 4) is 11.5 Å². The molecular formula is C22H24N4O3. The average molecular weight is 392 g/mol. The first-order valence-corrected chi connectivity index (χ1v) is 9.30. The van der Waals surface area contributed by atoms with Crippen LogP contribution in [-0.4, -0.2) is 36.9 Å². The Labute approximate surface area is 170 Å². The zero-order chi connectivity index (χ0) is 20.5. The van der Waals surface area contributed by atoms with Gasteiger partial charge >= 0.3 is 0 Å². The minimum absolute atomic E-state index is 0.236. The molecular weight excluding hydrogens is 368 g/mol. The lowest BCUT2D eigenvalue weighted by Crippen LogP contribution is -2.26. The third kappa shape index (κ3) is 5.68. The first-order chi connectivity index (χ1) is 14.2. The Kier molecular flexibility index (Phi) is 7.00. The highest BCUT2D eigenvalue weighted by Gasteiger charge is 2.08. The summed E-state index contributed by atoms with van der Waals surface area (Å²) in [6.45, 7) is 1.08. The molecule has 2 N–H and O–H groups in total. The molecule has 0 bridgehead atoms. The standard InChI is InChI=1S/C22H24N4O3/c1-28-19-10-8-17(14-20(19)29-2)15-24-21-11-9-18(25-26-21)22(27)23-13-12-16-6-4-3-5-7-16/h3-11,14H,12-13,15H2,1-2H3,(H,23,27)(H,24,26). The van der Waals surface area contributed by atoms with Crippen molar-refractivity contribution < 1.29 is 14.3 Å². The quantitative estimate of drug-likeness (QED) is 0.582. The molecule has 150 valence electrons. The molecule has 0 atom stereocenters. The fourth-order valence-electron chi connectivity index (χ4n) is 2.79. The zero-order valence-electron chi connectivity index (χ0n) is 16.5. The lowest BCUT2D eigenvalue weighted by Gasteiger charge is -2.10. The van der Waals surface area contributed by atoms with Crippen molar-refractivity contribution in [1.82, 2.24) is 15.5 Å². The van der Waals surface area contributed by atoms with Gasteiger partial charge in [0.2, 0.25) is 0 Å². The van der Waals surface area contributed by atoms with Crippen LogP contribution >= 0.6 is 0 Å². The monoisotopic (exact) mass is 392 g/mol. The van der Waals surface area contributed by atoms with Gasteiger partial charge in [-0.2, -0.15) is 0 Å². The maximum atomic E-state index is 12.2. The van der Waals surface area contributed by atoms with Crippen molar-refractivity contribution in [2.75, 3.05) is 26.1 Å². The first kappa shape index (κ1) is 20.1. The van der Waals surface area contributed by atoms with E-state index >= 15 is 0 Å². The zero-order valence-corrected chi connectivity index (χ0v) is 16.5. The van der Waals surface area contributed by atoms with Gasteiger partial charge in [0.05, 0.1) is 14.2 Å². The fraction of sp³-hybridized carbons (Fsp3) is 0.227. The minimum Gasteiger partial charge on any atom is -0.493 e. The second-order valence-corrected chi connectivity index (χ2v) is 6.34. The molecule has 1 amide bonds. The van der Waals surface area contributed by atoms with Crippen LogP contribution in [-0.2, 0) is 13.0 Å². The van der Waals surface area contributed by atoms with Crippen LogP contribution in [0.1, 0.15) is 21.6 Å². The topological polar surface area (TPSA) is 85.4 Å². The summed E-state index contributed by atoms with van der Waals surface area (Å²) in [5, 5.41) is 14.1. The van der Waals surface area contributed by atoms with Crippen LogP contribution in [0.2, 0.25) is 0 Å². The van der Waals surface area contributed by atoms with Gasteiger partial charge in [-0.15, -0.1) is 10.2 Å². The lowest BCUT2D eigenvalue weighted by atomic mass is 10.1. The van der Waals surface area contributed by atoms with Gasteiger partial charge in [-0.05, 0) is 41.8 Å². The molecule has 0 saturated heterocycles. The Balaban J connectivity index is 1.50. The molecule has 0 aliphatic carbocycles. The lowest BCUT2D eigenvalue weighted by molar-refractivity contribution is 0.0948. The van der Waals surface area contributed by atoms with Crippen LogP contribution in [0.4, 0.5) is 5.82 Å². The molecule has 0 saturated carbocycles. The predicted octanol–water partition coefficient (Wildman–Crippen LogP) is 3.08. The summed E-state index contributed by atoms with van der Waals surface area (Å²) in [5.74, 6) is 1.69. The number of nitrogens with zero attached hydrogens (tertiary/aromatic N) is 2. The van der Waals surface area contributed by atoms with Crippen molar-refractivity contribution in [2.45, 2.75) is 13.0 Å². The Bertz CT molecular complexity index is 931. The summed E-state index contributed by atoms with van der Waals surface area (Å²) in [6.07, 6.45) is 0.769. The van der Waals surface area contributed by atoms with Crippen LogP contribution in [0.15, 0.2) is 60.7 Å². The van der Waals surface area contributed by atoms with Crippen LogP contribution in [0.3, 0.4) is 0 Å². The van der Waals surface area contributed by atoms with Gasteiger partial charge in [-0.3, -0.25) is 4.79 Å². The van der Waals surface area contributed by atoms with Crippen molar-refractivity contribution in [1.29, 1.82) is 0 Å². The van der Waals surface area contributed by atoms with Crippen LogP contribution < -0.4 is 20.1 Å². The third-order valence-electron chi connectivity index (χ3n) is 4.36. The maximum absolute atomic E-state index is 12.2. The SMILES string of the molecule is COc1ccc(CNc2ccc(C(=O)NCCc3ccccc3)nn2)cc1OC. The third-order valence-corrected chi connectivity index (χ3v) is 4.36.